The summed E-state index contributed by atoms with van der Waals surface area (Å²) in [6.45, 7) is 8.90. The van der Waals surface area contributed by atoms with Crippen molar-refractivity contribution < 1.29 is 14.3 Å². The zero-order valence-electron chi connectivity index (χ0n) is 20.0. The van der Waals surface area contributed by atoms with E-state index >= 15 is 0 Å². The summed E-state index contributed by atoms with van der Waals surface area (Å²) < 4.78 is 5.35. The van der Waals surface area contributed by atoms with Crippen LogP contribution in [0.2, 0.25) is 0 Å². The minimum absolute atomic E-state index is 0.00307. The van der Waals surface area contributed by atoms with Gasteiger partial charge < -0.3 is 15.4 Å². The van der Waals surface area contributed by atoms with Gasteiger partial charge in [-0.3, -0.25) is 14.5 Å². The molecule has 7 nitrogen and oxygen atoms in total. The first-order valence-electron chi connectivity index (χ1n) is 11.9. The minimum Gasteiger partial charge on any atom is -0.379 e. The molecule has 7 heteroatoms. The van der Waals surface area contributed by atoms with Gasteiger partial charge in [-0.25, -0.2) is 0 Å². The monoisotopic (exact) mass is 462 g/mol. The number of amides is 2. The second-order valence-corrected chi connectivity index (χ2v) is 8.97. The van der Waals surface area contributed by atoms with Gasteiger partial charge in [-0.15, -0.1) is 0 Å². The molecule has 1 heterocycles. The van der Waals surface area contributed by atoms with Gasteiger partial charge in [0.1, 0.15) is 6.54 Å². The zero-order chi connectivity index (χ0) is 24.3. The molecular formula is C27H34N4O3. The van der Waals surface area contributed by atoms with Crippen molar-refractivity contribution in [2.45, 2.75) is 26.2 Å². The first-order chi connectivity index (χ1) is 16.5. The van der Waals surface area contributed by atoms with Gasteiger partial charge >= 0.3 is 0 Å². The Labute approximate surface area is 202 Å². The average molecular weight is 463 g/mol. The third kappa shape index (κ3) is 7.41. The summed E-state index contributed by atoms with van der Waals surface area (Å²) in [5.41, 5.74) is 3.51. The van der Waals surface area contributed by atoms with E-state index in [0.717, 1.165) is 49.5 Å². The normalized spacial score (nSPS) is 14.9. The molecule has 1 aliphatic rings. The van der Waals surface area contributed by atoms with Gasteiger partial charge in [-0.2, -0.15) is 5.26 Å². The standard InChI is InChI=1S/C27H34N4O3/c1-20(2)18-25(27(33)29-11-10-28)24-5-3-4-23(19-24)21-6-8-22(9-7-21)26(32)30-12-13-31-14-16-34-17-15-31/h3-9,19-20,25H,11-18H2,1-2H3,(H,29,33)(H,30,32). The zero-order valence-corrected chi connectivity index (χ0v) is 20.0. The molecule has 1 unspecified atom stereocenters. The average Bonchev–Trinajstić information content (AvgIpc) is 2.86. The fraction of sp³-hybridized carbons (Fsp3) is 0.444. The Bertz CT molecular complexity index is 992. The first-order valence-corrected chi connectivity index (χ1v) is 11.9. The molecule has 3 rings (SSSR count). The Hall–Kier alpha value is -3.21. The summed E-state index contributed by atoms with van der Waals surface area (Å²) in [4.78, 5) is 27.5. The number of ether oxygens (including phenoxy) is 1. The van der Waals surface area contributed by atoms with E-state index in [1.807, 2.05) is 54.6 Å². The molecule has 1 aliphatic heterocycles. The number of nitrogens with zero attached hydrogens (tertiary/aromatic N) is 2. The molecule has 1 fully saturated rings. The fourth-order valence-corrected chi connectivity index (χ4v) is 4.12. The number of morpholine rings is 1. The summed E-state index contributed by atoms with van der Waals surface area (Å²) in [5, 5.41) is 14.5. The Morgan fingerprint density at radius 1 is 1.06 bits per heavy atom. The number of hydrogen-bond donors (Lipinski definition) is 2. The molecule has 0 aliphatic carbocycles. The van der Waals surface area contributed by atoms with Crippen LogP contribution in [0.1, 0.15) is 42.1 Å². The number of nitriles is 1. The molecule has 1 atom stereocenters. The lowest BCUT2D eigenvalue weighted by Gasteiger charge is -2.26. The molecule has 34 heavy (non-hydrogen) atoms. The summed E-state index contributed by atoms with van der Waals surface area (Å²) in [7, 11) is 0. The third-order valence-corrected chi connectivity index (χ3v) is 5.95. The highest BCUT2D eigenvalue weighted by Gasteiger charge is 2.22. The van der Waals surface area contributed by atoms with Crippen molar-refractivity contribution in [2.75, 3.05) is 45.9 Å². The molecule has 2 N–H and O–H groups in total. The van der Waals surface area contributed by atoms with Crippen LogP contribution in [0.3, 0.4) is 0 Å². The molecule has 2 aromatic carbocycles. The topological polar surface area (TPSA) is 94.5 Å². The molecule has 180 valence electrons. The molecule has 1 saturated heterocycles. The maximum Gasteiger partial charge on any atom is 0.251 e. The molecule has 0 saturated carbocycles. The summed E-state index contributed by atoms with van der Waals surface area (Å²) in [6.07, 6.45) is 0.699. The number of hydrogen-bond acceptors (Lipinski definition) is 5. The molecule has 0 aromatic heterocycles. The Morgan fingerprint density at radius 3 is 2.47 bits per heavy atom. The van der Waals surface area contributed by atoms with E-state index in [2.05, 4.69) is 29.4 Å². The van der Waals surface area contributed by atoms with Crippen LogP contribution in [-0.4, -0.2) is 62.7 Å². The van der Waals surface area contributed by atoms with Gasteiger partial charge in [0.25, 0.3) is 5.91 Å². The second-order valence-electron chi connectivity index (χ2n) is 8.97. The van der Waals surface area contributed by atoms with Gasteiger partial charge in [-0.05, 0) is 41.2 Å². The largest absolute Gasteiger partial charge is 0.379 e. The van der Waals surface area contributed by atoms with E-state index in [4.69, 9.17) is 10.00 Å². The maximum atomic E-state index is 12.7. The quantitative estimate of drug-likeness (QED) is 0.529. The van der Waals surface area contributed by atoms with Crippen molar-refractivity contribution in [3.63, 3.8) is 0 Å². The highest BCUT2D eigenvalue weighted by Crippen LogP contribution is 2.28. The van der Waals surface area contributed by atoms with E-state index in [0.29, 0.717) is 24.4 Å². The van der Waals surface area contributed by atoms with Crippen LogP contribution >= 0.6 is 0 Å². The lowest BCUT2D eigenvalue weighted by Crippen LogP contribution is -2.41. The van der Waals surface area contributed by atoms with Crippen molar-refractivity contribution in [3.05, 3.63) is 59.7 Å². The van der Waals surface area contributed by atoms with Crippen molar-refractivity contribution in [1.82, 2.24) is 15.5 Å². The minimum atomic E-state index is -0.315. The van der Waals surface area contributed by atoms with Crippen LogP contribution in [-0.2, 0) is 9.53 Å². The van der Waals surface area contributed by atoms with E-state index < -0.39 is 0 Å². The van der Waals surface area contributed by atoms with Crippen LogP contribution in [0.15, 0.2) is 48.5 Å². The smallest absolute Gasteiger partial charge is 0.251 e. The van der Waals surface area contributed by atoms with Gasteiger partial charge in [0.15, 0.2) is 0 Å². The Balaban J connectivity index is 1.65. The fourth-order valence-electron chi connectivity index (χ4n) is 4.12. The second kappa shape index (κ2) is 12.9. The van der Waals surface area contributed by atoms with Gasteiger partial charge in [0.2, 0.25) is 5.91 Å². The predicted octanol–water partition coefficient (Wildman–Crippen LogP) is 3.19. The van der Waals surface area contributed by atoms with Crippen molar-refractivity contribution in [3.8, 4) is 17.2 Å². The molecule has 0 radical (unpaired) electrons. The van der Waals surface area contributed by atoms with E-state index in [9.17, 15) is 9.59 Å². The van der Waals surface area contributed by atoms with Crippen molar-refractivity contribution >= 4 is 11.8 Å². The molecule has 0 spiro atoms. The Kier molecular flexibility index (Phi) is 9.62. The van der Waals surface area contributed by atoms with E-state index in [1.165, 1.54) is 0 Å². The van der Waals surface area contributed by atoms with Crippen molar-refractivity contribution in [1.29, 1.82) is 5.26 Å². The van der Waals surface area contributed by atoms with Gasteiger partial charge in [0, 0.05) is 31.7 Å². The Morgan fingerprint density at radius 2 is 1.79 bits per heavy atom. The number of rotatable bonds is 10. The van der Waals surface area contributed by atoms with Crippen molar-refractivity contribution in [2.24, 2.45) is 5.92 Å². The summed E-state index contributed by atoms with van der Waals surface area (Å²) >= 11 is 0. The lowest BCUT2D eigenvalue weighted by atomic mass is 9.88. The molecule has 2 amide bonds. The number of benzene rings is 2. The molecule has 2 aromatic rings. The molecular weight excluding hydrogens is 428 g/mol. The SMILES string of the molecule is CC(C)CC(C(=O)NCC#N)c1cccc(-c2ccc(C(=O)NCCN3CCOCC3)cc2)c1. The lowest BCUT2D eigenvalue weighted by molar-refractivity contribution is -0.122. The first kappa shape index (κ1) is 25.4. The molecule has 0 bridgehead atoms. The van der Waals surface area contributed by atoms with Crippen LogP contribution in [0.4, 0.5) is 0 Å². The predicted molar refractivity (Wildman–Crippen MR) is 132 cm³/mol. The number of nitrogens with one attached hydrogen (secondary N) is 2. The summed E-state index contributed by atoms with van der Waals surface area (Å²) in [5.74, 6) is -0.191. The highest BCUT2D eigenvalue weighted by atomic mass is 16.5. The summed E-state index contributed by atoms with van der Waals surface area (Å²) in [6, 6.07) is 17.4. The highest BCUT2D eigenvalue weighted by molar-refractivity contribution is 5.94. The van der Waals surface area contributed by atoms with Gasteiger partial charge in [0.05, 0.1) is 25.2 Å². The number of carbonyl (C=O) groups is 2. The van der Waals surface area contributed by atoms with E-state index in [-0.39, 0.29) is 24.3 Å². The van der Waals surface area contributed by atoms with Crippen LogP contribution in [0.25, 0.3) is 11.1 Å². The van der Waals surface area contributed by atoms with E-state index in [1.54, 1.807) is 0 Å². The number of carbonyl (C=O) groups excluding carboxylic acids is 2. The van der Waals surface area contributed by atoms with Crippen LogP contribution in [0.5, 0.6) is 0 Å². The van der Waals surface area contributed by atoms with Crippen LogP contribution in [0, 0.1) is 17.2 Å². The third-order valence-electron chi connectivity index (χ3n) is 5.95. The van der Waals surface area contributed by atoms with Crippen LogP contribution < -0.4 is 10.6 Å². The maximum absolute atomic E-state index is 12.7. The van der Waals surface area contributed by atoms with Gasteiger partial charge in [-0.1, -0.05) is 50.2 Å².